The largest absolute Gasteiger partial charge is 0.497 e. The Labute approximate surface area is 181 Å². The normalized spacial score (nSPS) is 21.9. The standard InChI is InChI=1S/C23H39N5O2/c1-4-24-23(25-16-19(2)17-27-11-13-30-14-12-27)26-20-7-6-10-28(18-20)21-8-5-9-22(15-21)29-3/h5,8-9,15,19-20H,4,6-7,10-14,16-18H2,1-3H3,(H2,24,25,26). The monoisotopic (exact) mass is 417 g/mol. The van der Waals surface area contributed by atoms with Crippen LogP contribution in [-0.2, 0) is 4.74 Å². The molecule has 0 bridgehead atoms. The smallest absolute Gasteiger partial charge is 0.191 e. The highest BCUT2D eigenvalue weighted by Gasteiger charge is 2.21. The van der Waals surface area contributed by atoms with Crippen molar-refractivity contribution in [3.63, 3.8) is 0 Å². The van der Waals surface area contributed by atoms with E-state index in [0.717, 1.165) is 77.2 Å². The van der Waals surface area contributed by atoms with E-state index in [9.17, 15) is 0 Å². The van der Waals surface area contributed by atoms with E-state index in [1.54, 1.807) is 7.11 Å². The van der Waals surface area contributed by atoms with Gasteiger partial charge in [0.05, 0.1) is 20.3 Å². The van der Waals surface area contributed by atoms with Gasteiger partial charge in [-0.2, -0.15) is 0 Å². The molecule has 0 radical (unpaired) electrons. The number of rotatable bonds is 8. The van der Waals surface area contributed by atoms with Crippen LogP contribution in [0.15, 0.2) is 29.3 Å². The SMILES string of the molecule is CCNC(=NCC(C)CN1CCOCC1)NC1CCCN(c2cccc(OC)c2)C1. The van der Waals surface area contributed by atoms with Crippen molar-refractivity contribution >= 4 is 11.6 Å². The number of aliphatic imine (C=N–C) groups is 1. The van der Waals surface area contributed by atoms with E-state index in [-0.39, 0.29) is 0 Å². The Kier molecular flexibility index (Phi) is 9.08. The van der Waals surface area contributed by atoms with Crippen LogP contribution in [0.4, 0.5) is 5.69 Å². The van der Waals surface area contributed by atoms with Crippen LogP contribution in [0.1, 0.15) is 26.7 Å². The lowest BCUT2D eigenvalue weighted by atomic mass is 10.0. The van der Waals surface area contributed by atoms with Crippen LogP contribution in [0.2, 0.25) is 0 Å². The van der Waals surface area contributed by atoms with Gasteiger partial charge in [0.25, 0.3) is 0 Å². The lowest BCUT2D eigenvalue weighted by Gasteiger charge is -2.35. The molecule has 0 saturated carbocycles. The first-order valence-electron chi connectivity index (χ1n) is 11.4. The fourth-order valence-corrected chi connectivity index (χ4v) is 4.18. The van der Waals surface area contributed by atoms with Gasteiger partial charge in [-0.15, -0.1) is 0 Å². The van der Waals surface area contributed by atoms with Gasteiger partial charge >= 0.3 is 0 Å². The molecule has 168 valence electrons. The van der Waals surface area contributed by atoms with E-state index < -0.39 is 0 Å². The van der Waals surface area contributed by atoms with Gasteiger partial charge in [-0.3, -0.25) is 9.89 Å². The molecule has 2 heterocycles. The highest BCUT2D eigenvalue weighted by atomic mass is 16.5. The molecule has 0 aromatic heterocycles. The van der Waals surface area contributed by atoms with E-state index in [4.69, 9.17) is 14.5 Å². The third-order valence-corrected chi connectivity index (χ3v) is 5.76. The number of anilines is 1. The number of hydrogen-bond donors (Lipinski definition) is 2. The number of benzene rings is 1. The molecule has 30 heavy (non-hydrogen) atoms. The molecule has 2 atom stereocenters. The van der Waals surface area contributed by atoms with E-state index >= 15 is 0 Å². The maximum atomic E-state index is 5.45. The van der Waals surface area contributed by atoms with Crippen molar-refractivity contribution in [2.24, 2.45) is 10.9 Å². The Balaban J connectivity index is 1.53. The molecule has 0 aliphatic carbocycles. The molecule has 2 N–H and O–H groups in total. The number of nitrogens with one attached hydrogen (secondary N) is 2. The van der Waals surface area contributed by atoms with Gasteiger partial charge in [-0.1, -0.05) is 13.0 Å². The number of ether oxygens (including phenoxy) is 2. The zero-order valence-corrected chi connectivity index (χ0v) is 18.9. The Morgan fingerprint density at radius 1 is 1.30 bits per heavy atom. The fourth-order valence-electron chi connectivity index (χ4n) is 4.18. The minimum atomic E-state index is 0.386. The van der Waals surface area contributed by atoms with Gasteiger partial charge in [0.1, 0.15) is 5.75 Å². The van der Waals surface area contributed by atoms with Crippen LogP contribution in [0.3, 0.4) is 0 Å². The molecule has 2 fully saturated rings. The van der Waals surface area contributed by atoms with Crippen LogP contribution < -0.4 is 20.3 Å². The number of methoxy groups -OCH3 is 1. The summed E-state index contributed by atoms with van der Waals surface area (Å²) in [6.07, 6.45) is 2.33. The summed E-state index contributed by atoms with van der Waals surface area (Å²) in [6.45, 7) is 13.0. The maximum Gasteiger partial charge on any atom is 0.191 e. The van der Waals surface area contributed by atoms with Crippen molar-refractivity contribution < 1.29 is 9.47 Å². The van der Waals surface area contributed by atoms with Crippen molar-refractivity contribution in [2.75, 3.05) is 71.0 Å². The molecule has 1 aromatic carbocycles. The summed E-state index contributed by atoms with van der Waals surface area (Å²) in [5.41, 5.74) is 1.22. The predicted molar refractivity (Wildman–Crippen MR) is 124 cm³/mol. The van der Waals surface area contributed by atoms with E-state index in [1.165, 1.54) is 12.1 Å². The lowest BCUT2D eigenvalue weighted by molar-refractivity contribution is 0.0323. The summed E-state index contributed by atoms with van der Waals surface area (Å²) in [5.74, 6) is 2.37. The topological polar surface area (TPSA) is 61.4 Å². The minimum Gasteiger partial charge on any atom is -0.497 e. The van der Waals surface area contributed by atoms with E-state index in [1.807, 2.05) is 6.07 Å². The summed E-state index contributed by atoms with van der Waals surface area (Å²) in [5, 5.41) is 7.11. The van der Waals surface area contributed by atoms with E-state index in [0.29, 0.717) is 12.0 Å². The van der Waals surface area contributed by atoms with Crippen molar-refractivity contribution in [3.05, 3.63) is 24.3 Å². The predicted octanol–water partition coefficient (Wildman–Crippen LogP) is 2.19. The maximum absolute atomic E-state index is 5.45. The first kappa shape index (κ1) is 22.7. The lowest BCUT2D eigenvalue weighted by Crippen LogP contribution is -2.51. The molecule has 2 aliphatic heterocycles. The average Bonchev–Trinajstić information content (AvgIpc) is 2.78. The van der Waals surface area contributed by atoms with Crippen molar-refractivity contribution in [3.8, 4) is 5.75 Å². The first-order chi connectivity index (χ1) is 14.7. The van der Waals surface area contributed by atoms with Crippen molar-refractivity contribution in [2.45, 2.75) is 32.7 Å². The molecular weight excluding hydrogens is 378 g/mol. The van der Waals surface area contributed by atoms with Gasteiger partial charge in [-0.25, -0.2) is 0 Å². The van der Waals surface area contributed by atoms with Crippen LogP contribution in [0, 0.1) is 5.92 Å². The quantitative estimate of drug-likeness (QED) is 0.499. The highest BCUT2D eigenvalue weighted by Crippen LogP contribution is 2.24. The molecule has 2 unspecified atom stereocenters. The van der Waals surface area contributed by atoms with Crippen molar-refractivity contribution in [1.29, 1.82) is 0 Å². The van der Waals surface area contributed by atoms with Gasteiger partial charge in [0, 0.05) is 63.6 Å². The number of nitrogens with zero attached hydrogens (tertiary/aromatic N) is 3. The van der Waals surface area contributed by atoms with Crippen LogP contribution in [-0.4, -0.2) is 83.0 Å². The Hall–Kier alpha value is -1.99. The second kappa shape index (κ2) is 12.0. The number of piperidine rings is 1. The molecule has 7 heteroatoms. The number of guanidine groups is 1. The molecule has 0 amide bonds. The van der Waals surface area contributed by atoms with Gasteiger partial charge < -0.3 is 25.0 Å². The third-order valence-electron chi connectivity index (χ3n) is 5.76. The second-order valence-electron chi connectivity index (χ2n) is 8.37. The molecule has 2 aliphatic rings. The molecule has 2 saturated heterocycles. The van der Waals surface area contributed by atoms with Gasteiger partial charge in [0.15, 0.2) is 5.96 Å². The molecule has 7 nitrogen and oxygen atoms in total. The van der Waals surface area contributed by atoms with Gasteiger partial charge in [0.2, 0.25) is 0 Å². The first-order valence-corrected chi connectivity index (χ1v) is 11.4. The molecule has 3 rings (SSSR count). The second-order valence-corrected chi connectivity index (χ2v) is 8.37. The molecular formula is C23H39N5O2. The van der Waals surface area contributed by atoms with Crippen LogP contribution in [0.5, 0.6) is 5.75 Å². The van der Waals surface area contributed by atoms with Gasteiger partial charge in [-0.05, 0) is 37.8 Å². The third kappa shape index (κ3) is 7.06. The summed E-state index contributed by atoms with van der Waals surface area (Å²) in [4.78, 5) is 9.82. The summed E-state index contributed by atoms with van der Waals surface area (Å²) in [7, 11) is 1.72. The zero-order chi connectivity index (χ0) is 21.2. The minimum absolute atomic E-state index is 0.386. The van der Waals surface area contributed by atoms with Crippen molar-refractivity contribution in [1.82, 2.24) is 15.5 Å². The Morgan fingerprint density at radius 3 is 2.90 bits per heavy atom. The Morgan fingerprint density at radius 2 is 2.13 bits per heavy atom. The van der Waals surface area contributed by atoms with Crippen LogP contribution in [0.25, 0.3) is 0 Å². The fraction of sp³-hybridized carbons (Fsp3) is 0.696. The average molecular weight is 418 g/mol. The highest BCUT2D eigenvalue weighted by molar-refractivity contribution is 5.80. The summed E-state index contributed by atoms with van der Waals surface area (Å²) < 4.78 is 10.8. The number of morpholine rings is 1. The Bertz CT molecular complexity index is 663. The molecule has 0 spiro atoms. The summed E-state index contributed by atoms with van der Waals surface area (Å²) >= 11 is 0. The molecule has 1 aromatic rings. The van der Waals surface area contributed by atoms with Crippen LogP contribution >= 0.6 is 0 Å². The van der Waals surface area contributed by atoms with E-state index in [2.05, 4.69) is 52.5 Å². The zero-order valence-electron chi connectivity index (χ0n) is 18.9. The summed E-state index contributed by atoms with van der Waals surface area (Å²) in [6, 6.07) is 8.73. The number of hydrogen-bond acceptors (Lipinski definition) is 5.